The Kier molecular flexibility index (Phi) is 6.49. The van der Waals surface area contributed by atoms with E-state index in [0.717, 1.165) is 5.92 Å². The molecule has 2 aromatic carbocycles. The molecule has 198 valence electrons. The van der Waals surface area contributed by atoms with Crippen LogP contribution >= 0.6 is 0 Å². The van der Waals surface area contributed by atoms with E-state index >= 15 is 0 Å². The largest absolute Gasteiger partial charge is 0.294 e. The molecule has 2 aliphatic rings. The first-order chi connectivity index (χ1) is 17.5. The van der Waals surface area contributed by atoms with Crippen molar-refractivity contribution < 1.29 is 4.57 Å². The summed E-state index contributed by atoms with van der Waals surface area (Å²) in [6, 6.07) is 12.4. The SMILES string of the molecule is CCC(CC)Cc1cc(C)c(-n2cc[n+](C)c2-c2cc(C3(C)CC3)ccc2C2(CC)CC2(C)C)c(C)c1. The van der Waals surface area contributed by atoms with Crippen molar-refractivity contribution in [3.8, 4) is 17.1 Å². The van der Waals surface area contributed by atoms with Crippen LogP contribution in [-0.4, -0.2) is 4.57 Å². The van der Waals surface area contributed by atoms with Crippen LogP contribution in [0.15, 0.2) is 42.7 Å². The van der Waals surface area contributed by atoms with E-state index in [1.807, 2.05) is 0 Å². The van der Waals surface area contributed by atoms with Crippen LogP contribution in [0.2, 0.25) is 0 Å². The first kappa shape index (κ1) is 26.3. The molecule has 37 heavy (non-hydrogen) atoms. The summed E-state index contributed by atoms with van der Waals surface area (Å²) in [6.45, 7) is 19.0. The molecule has 0 amide bonds. The smallest absolute Gasteiger partial charge is 0.232 e. The molecule has 5 rings (SSSR count). The molecule has 1 aromatic heterocycles. The van der Waals surface area contributed by atoms with Gasteiger partial charge in [-0.25, -0.2) is 4.57 Å². The summed E-state index contributed by atoms with van der Waals surface area (Å²) < 4.78 is 4.84. The lowest BCUT2D eigenvalue weighted by molar-refractivity contribution is -0.659. The Balaban J connectivity index is 1.68. The van der Waals surface area contributed by atoms with Gasteiger partial charge >= 0.3 is 0 Å². The molecular formula is C35H49N2+. The minimum absolute atomic E-state index is 0.261. The van der Waals surface area contributed by atoms with Gasteiger partial charge in [0.2, 0.25) is 0 Å². The number of imidazole rings is 1. The van der Waals surface area contributed by atoms with E-state index in [2.05, 4.69) is 114 Å². The number of hydrogen-bond donors (Lipinski definition) is 0. The third kappa shape index (κ3) is 4.29. The first-order valence-electron chi connectivity index (χ1n) is 14.8. The van der Waals surface area contributed by atoms with E-state index in [1.165, 1.54) is 84.3 Å². The highest BCUT2D eigenvalue weighted by molar-refractivity contribution is 5.68. The van der Waals surface area contributed by atoms with Gasteiger partial charge in [0, 0.05) is 5.41 Å². The van der Waals surface area contributed by atoms with Crippen molar-refractivity contribution in [1.29, 1.82) is 0 Å². The quantitative estimate of drug-likeness (QED) is 0.261. The van der Waals surface area contributed by atoms with Crippen LogP contribution in [0.25, 0.3) is 17.1 Å². The van der Waals surface area contributed by atoms with Gasteiger partial charge in [0.25, 0.3) is 5.82 Å². The molecule has 2 saturated carbocycles. The number of aromatic nitrogens is 2. The minimum Gasteiger partial charge on any atom is -0.232 e. The molecule has 1 unspecified atom stereocenters. The number of hydrogen-bond acceptors (Lipinski definition) is 0. The average Bonchev–Trinajstić information content (AvgIpc) is 3.69. The summed E-state index contributed by atoms with van der Waals surface area (Å²) in [5.74, 6) is 2.08. The van der Waals surface area contributed by atoms with Crippen LogP contribution in [0.5, 0.6) is 0 Å². The third-order valence-corrected chi connectivity index (χ3v) is 10.5. The fraction of sp³-hybridized carbons (Fsp3) is 0.571. The lowest BCUT2D eigenvalue weighted by Crippen LogP contribution is -2.30. The van der Waals surface area contributed by atoms with Gasteiger partial charge in [-0.05, 0) is 96.6 Å². The van der Waals surface area contributed by atoms with Gasteiger partial charge in [-0.3, -0.25) is 0 Å². The molecule has 0 N–H and O–H groups in total. The number of rotatable bonds is 9. The average molecular weight is 498 g/mol. The molecule has 0 bridgehead atoms. The predicted octanol–water partition coefficient (Wildman–Crippen LogP) is 8.69. The maximum Gasteiger partial charge on any atom is 0.294 e. The zero-order valence-corrected chi connectivity index (χ0v) is 25.0. The van der Waals surface area contributed by atoms with E-state index in [1.54, 1.807) is 5.56 Å². The minimum atomic E-state index is 0.261. The Morgan fingerprint density at radius 2 is 1.57 bits per heavy atom. The zero-order valence-electron chi connectivity index (χ0n) is 25.0. The van der Waals surface area contributed by atoms with E-state index in [-0.39, 0.29) is 5.41 Å². The van der Waals surface area contributed by atoms with E-state index in [0.29, 0.717) is 10.8 Å². The second-order valence-electron chi connectivity index (χ2n) is 13.4. The highest BCUT2D eigenvalue weighted by Gasteiger charge is 2.61. The maximum atomic E-state index is 2.56. The fourth-order valence-corrected chi connectivity index (χ4v) is 7.39. The molecule has 2 heteroatoms. The Morgan fingerprint density at radius 1 is 0.946 bits per heavy atom. The second-order valence-corrected chi connectivity index (χ2v) is 13.4. The predicted molar refractivity (Wildman–Crippen MR) is 157 cm³/mol. The Hall–Kier alpha value is -2.35. The third-order valence-electron chi connectivity index (χ3n) is 10.5. The standard InChI is InChI=1S/C35H49N2/c1-10-26(11-2)21-27-19-24(4)31(25(5)20-27)37-18-17-36(9)32(37)29-22-28(34(8)15-16-34)13-14-30(29)35(12-3)23-33(35,6)7/h13-14,17-20,22,26H,10-12,15-16,21,23H2,1-9H3/q+1. The van der Waals surface area contributed by atoms with Crippen LogP contribution < -0.4 is 4.57 Å². The van der Waals surface area contributed by atoms with Gasteiger partial charge in [0.15, 0.2) is 0 Å². The Morgan fingerprint density at radius 3 is 2.08 bits per heavy atom. The summed E-state index contributed by atoms with van der Waals surface area (Å²) in [7, 11) is 2.23. The van der Waals surface area contributed by atoms with Crippen LogP contribution in [0, 0.1) is 25.2 Å². The van der Waals surface area contributed by atoms with E-state index in [4.69, 9.17) is 0 Å². The fourth-order valence-electron chi connectivity index (χ4n) is 7.39. The van der Waals surface area contributed by atoms with Crippen molar-refractivity contribution in [3.63, 3.8) is 0 Å². The lowest BCUT2D eigenvalue weighted by Gasteiger charge is -2.24. The molecule has 1 atom stereocenters. The van der Waals surface area contributed by atoms with Crippen molar-refractivity contribution in [2.24, 2.45) is 18.4 Å². The molecule has 1 heterocycles. The van der Waals surface area contributed by atoms with Gasteiger partial charge < -0.3 is 0 Å². The van der Waals surface area contributed by atoms with Gasteiger partial charge in [-0.15, -0.1) is 0 Å². The molecule has 2 fully saturated rings. The molecule has 2 aliphatic carbocycles. The Bertz CT molecular complexity index is 1290. The first-order valence-corrected chi connectivity index (χ1v) is 14.8. The maximum absolute atomic E-state index is 2.56. The number of benzene rings is 2. The molecule has 3 aromatic rings. The highest BCUT2D eigenvalue weighted by Crippen LogP contribution is 2.67. The molecule has 0 aliphatic heterocycles. The monoisotopic (exact) mass is 497 g/mol. The molecule has 0 saturated heterocycles. The summed E-state index contributed by atoms with van der Waals surface area (Å²) in [5, 5.41) is 0. The molecular weight excluding hydrogens is 448 g/mol. The number of aryl methyl sites for hydroxylation is 3. The van der Waals surface area contributed by atoms with Gasteiger partial charge in [0.1, 0.15) is 18.1 Å². The molecule has 0 spiro atoms. The van der Waals surface area contributed by atoms with Crippen molar-refractivity contribution in [2.75, 3.05) is 0 Å². The topological polar surface area (TPSA) is 8.81 Å². The van der Waals surface area contributed by atoms with Gasteiger partial charge in [-0.1, -0.05) is 78.6 Å². The van der Waals surface area contributed by atoms with Crippen molar-refractivity contribution >= 4 is 0 Å². The molecule has 0 radical (unpaired) electrons. The summed E-state index contributed by atoms with van der Waals surface area (Å²) in [5.41, 5.74) is 11.0. The van der Waals surface area contributed by atoms with E-state index < -0.39 is 0 Å². The second kappa shape index (κ2) is 9.14. The highest BCUT2D eigenvalue weighted by atomic mass is 15.1. The van der Waals surface area contributed by atoms with Crippen LogP contribution in [-0.2, 0) is 24.3 Å². The van der Waals surface area contributed by atoms with Gasteiger partial charge in [-0.2, -0.15) is 4.57 Å². The Labute approximate surface area is 226 Å². The van der Waals surface area contributed by atoms with Crippen LogP contribution in [0.4, 0.5) is 0 Å². The summed E-state index contributed by atoms with van der Waals surface area (Å²) in [4.78, 5) is 0. The van der Waals surface area contributed by atoms with Crippen molar-refractivity contribution in [1.82, 2.24) is 4.57 Å². The van der Waals surface area contributed by atoms with Crippen molar-refractivity contribution in [2.45, 2.75) is 111 Å². The van der Waals surface area contributed by atoms with Crippen LogP contribution in [0.1, 0.15) is 108 Å². The summed E-state index contributed by atoms with van der Waals surface area (Å²) >= 11 is 0. The van der Waals surface area contributed by atoms with Crippen molar-refractivity contribution in [3.05, 3.63) is 70.5 Å². The lowest BCUT2D eigenvalue weighted by atomic mass is 9.81. The zero-order chi connectivity index (χ0) is 26.8. The molecule has 2 nitrogen and oxygen atoms in total. The summed E-state index contributed by atoms with van der Waals surface area (Å²) in [6.07, 6.45) is 13.3. The van der Waals surface area contributed by atoms with Gasteiger partial charge in [0.05, 0.1) is 12.6 Å². The normalized spacial score (nSPS) is 21.5. The van der Waals surface area contributed by atoms with Crippen LogP contribution in [0.3, 0.4) is 0 Å². The number of nitrogens with zero attached hydrogens (tertiary/aromatic N) is 2. The van der Waals surface area contributed by atoms with E-state index in [9.17, 15) is 0 Å².